The molecule has 0 atom stereocenters. The summed E-state index contributed by atoms with van der Waals surface area (Å²) in [7, 11) is 0.0336. The Labute approximate surface area is 115 Å². The first-order valence-corrected chi connectivity index (χ1v) is 6.72. The lowest BCUT2D eigenvalue weighted by atomic mass is 9.78. The summed E-state index contributed by atoms with van der Waals surface area (Å²) in [6.45, 7) is 6.43. The molecule has 1 heterocycles. The third-order valence-electron chi connectivity index (χ3n) is 4.02. The van der Waals surface area contributed by atoms with E-state index in [4.69, 9.17) is 4.74 Å². The maximum Gasteiger partial charge on any atom is 0.492 e. The van der Waals surface area contributed by atoms with Crippen LogP contribution in [0.25, 0.3) is 0 Å². The molecule has 2 N–H and O–H groups in total. The number of nitrogens with zero attached hydrogens (tertiary/aromatic N) is 1. The maximum atomic E-state index is 9.39. The monoisotopic (exact) mass is 263 g/mol. The molecule has 1 saturated heterocycles. The van der Waals surface area contributed by atoms with Crippen molar-refractivity contribution in [3.63, 3.8) is 0 Å². The highest BCUT2D eigenvalue weighted by Gasteiger charge is 2.31. The van der Waals surface area contributed by atoms with E-state index in [0.29, 0.717) is 11.2 Å². The van der Waals surface area contributed by atoms with E-state index >= 15 is 0 Å². The molecule has 0 amide bonds. The molecule has 0 bridgehead atoms. The highest BCUT2D eigenvalue weighted by molar-refractivity contribution is 6.59. The number of likely N-dealkylation sites (tertiary alicyclic amines) is 1. The van der Waals surface area contributed by atoms with Gasteiger partial charge in [0.1, 0.15) is 5.75 Å². The Morgan fingerprint density at radius 2 is 2.11 bits per heavy atom. The standard InChI is InChI=1S/C14H22BNO3/c1-14(2)7-4-8-16(14)10-11-5-6-13(19-3)12(9-11)15(17)18/h5-6,9,17-18H,4,7-8,10H2,1-3H3. The fourth-order valence-electron chi connectivity index (χ4n) is 2.76. The van der Waals surface area contributed by atoms with Crippen LogP contribution in [0.3, 0.4) is 0 Å². The van der Waals surface area contributed by atoms with Gasteiger partial charge in [-0.15, -0.1) is 0 Å². The van der Waals surface area contributed by atoms with Crippen LogP contribution in [0.2, 0.25) is 0 Å². The van der Waals surface area contributed by atoms with Crippen molar-refractivity contribution in [1.82, 2.24) is 4.90 Å². The molecule has 1 aromatic rings. The highest BCUT2D eigenvalue weighted by Crippen LogP contribution is 2.29. The molecule has 1 fully saturated rings. The van der Waals surface area contributed by atoms with Crippen molar-refractivity contribution in [2.75, 3.05) is 13.7 Å². The van der Waals surface area contributed by atoms with E-state index in [2.05, 4.69) is 18.7 Å². The van der Waals surface area contributed by atoms with Crippen LogP contribution in [-0.2, 0) is 6.54 Å². The van der Waals surface area contributed by atoms with E-state index < -0.39 is 7.12 Å². The number of hydrogen-bond donors (Lipinski definition) is 2. The Morgan fingerprint density at radius 3 is 2.63 bits per heavy atom. The summed E-state index contributed by atoms with van der Waals surface area (Å²) in [4.78, 5) is 2.43. The zero-order valence-electron chi connectivity index (χ0n) is 11.9. The van der Waals surface area contributed by atoms with Crippen molar-refractivity contribution in [1.29, 1.82) is 0 Å². The molecule has 2 rings (SSSR count). The summed E-state index contributed by atoms with van der Waals surface area (Å²) < 4.78 is 5.14. The molecule has 19 heavy (non-hydrogen) atoms. The zero-order chi connectivity index (χ0) is 14.0. The van der Waals surface area contributed by atoms with E-state index in [1.54, 1.807) is 6.07 Å². The summed E-state index contributed by atoms with van der Waals surface area (Å²) in [5.41, 5.74) is 1.73. The predicted molar refractivity (Wildman–Crippen MR) is 76.5 cm³/mol. The van der Waals surface area contributed by atoms with Crippen molar-refractivity contribution >= 4 is 12.6 Å². The Balaban J connectivity index is 2.19. The third kappa shape index (κ3) is 3.11. The molecule has 0 saturated carbocycles. The predicted octanol–water partition coefficient (Wildman–Crippen LogP) is 0.749. The van der Waals surface area contributed by atoms with Gasteiger partial charge in [-0.2, -0.15) is 0 Å². The minimum Gasteiger partial charge on any atom is -0.497 e. The molecule has 5 heteroatoms. The molecule has 104 valence electrons. The number of hydrogen-bond acceptors (Lipinski definition) is 4. The molecule has 0 aromatic heterocycles. The van der Waals surface area contributed by atoms with Crippen molar-refractivity contribution < 1.29 is 14.8 Å². The van der Waals surface area contributed by atoms with Crippen LogP contribution in [-0.4, -0.2) is 41.3 Å². The SMILES string of the molecule is COc1ccc(CN2CCCC2(C)C)cc1B(O)O. The summed E-state index contributed by atoms with van der Waals surface area (Å²) >= 11 is 0. The summed E-state index contributed by atoms with van der Waals surface area (Å²) in [5, 5.41) is 18.8. The van der Waals surface area contributed by atoms with Gasteiger partial charge in [0.25, 0.3) is 0 Å². The van der Waals surface area contributed by atoms with Crippen LogP contribution in [0.1, 0.15) is 32.3 Å². The molecule has 1 aliphatic rings. The van der Waals surface area contributed by atoms with Gasteiger partial charge in [0.15, 0.2) is 0 Å². The Kier molecular flexibility index (Phi) is 4.18. The first-order chi connectivity index (χ1) is 8.94. The molecular weight excluding hydrogens is 241 g/mol. The third-order valence-corrected chi connectivity index (χ3v) is 4.02. The second-order valence-electron chi connectivity index (χ2n) is 5.79. The normalized spacial score (nSPS) is 18.6. The summed E-state index contributed by atoms with van der Waals surface area (Å²) in [5.74, 6) is 0.513. The van der Waals surface area contributed by atoms with Crippen molar-refractivity contribution in [2.45, 2.75) is 38.8 Å². The van der Waals surface area contributed by atoms with Crippen LogP contribution < -0.4 is 10.2 Å². The van der Waals surface area contributed by atoms with Crippen LogP contribution in [0.5, 0.6) is 5.75 Å². The van der Waals surface area contributed by atoms with E-state index in [1.807, 2.05) is 12.1 Å². The van der Waals surface area contributed by atoms with Crippen LogP contribution in [0, 0.1) is 0 Å². The minimum atomic E-state index is -1.50. The van der Waals surface area contributed by atoms with Crippen LogP contribution in [0.15, 0.2) is 18.2 Å². The average Bonchev–Trinajstić information content (AvgIpc) is 2.68. The van der Waals surface area contributed by atoms with Gasteiger partial charge in [-0.05, 0) is 44.9 Å². The maximum absolute atomic E-state index is 9.39. The summed E-state index contributed by atoms with van der Waals surface area (Å²) in [6, 6.07) is 5.60. The number of ether oxygens (including phenoxy) is 1. The van der Waals surface area contributed by atoms with Gasteiger partial charge in [-0.3, -0.25) is 4.90 Å². The van der Waals surface area contributed by atoms with E-state index in [-0.39, 0.29) is 5.54 Å². The van der Waals surface area contributed by atoms with E-state index in [1.165, 1.54) is 20.0 Å². The molecule has 0 aliphatic carbocycles. The molecule has 1 aromatic carbocycles. The Bertz CT molecular complexity index is 448. The number of methoxy groups -OCH3 is 1. The van der Waals surface area contributed by atoms with Crippen molar-refractivity contribution in [3.8, 4) is 5.75 Å². The molecular formula is C14H22BNO3. The summed E-state index contributed by atoms with van der Waals surface area (Å²) in [6.07, 6.45) is 2.43. The van der Waals surface area contributed by atoms with Gasteiger partial charge in [0.2, 0.25) is 0 Å². The molecule has 0 spiro atoms. The quantitative estimate of drug-likeness (QED) is 0.787. The molecule has 1 aliphatic heterocycles. The highest BCUT2D eigenvalue weighted by atomic mass is 16.5. The topological polar surface area (TPSA) is 52.9 Å². The van der Waals surface area contributed by atoms with Gasteiger partial charge < -0.3 is 14.8 Å². The molecule has 0 unspecified atom stereocenters. The van der Waals surface area contributed by atoms with Crippen molar-refractivity contribution in [3.05, 3.63) is 23.8 Å². The lowest BCUT2D eigenvalue weighted by Gasteiger charge is -2.31. The molecule has 0 radical (unpaired) electrons. The molecule has 4 nitrogen and oxygen atoms in total. The van der Waals surface area contributed by atoms with Gasteiger partial charge in [-0.1, -0.05) is 12.1 Å². The fourth-order valence-corrected chi connectivity index (χ4v) is 2.76. The van der Waals surface area contributed by atoms with Crippen LogP contribution in [0.4, 0.5) is 0 Å². The van der Waals surface area contributed by atoms with Gasteiger partial charge >= 0.3 is 7.12 Å². The minimum absolute atomic E-state index is 0.220. The van der Waals surface area contributed by atoms with Crippen LogP contribution >= 0.6 is 0 Å². The second-order valence-corrected chi connectivity index (χ2v) is 5.79. The fraction of sp³-hybridized carbons (Fsp3) is 0.571. The van der Waals surface area contributed by atoms with Gasteiger partial charge in [0, 0.05) is 17.5 Å². The first kappa shape index (κ1) is 14.4. The van der Waals surface area contributed by atoms with Gasteiger partial charge in [0.05, 0.1) is 7.11 Å². The second kappa shape index (κ2) is 5.53. The first-order valence-electron chi connectivity index (χ1n) is 6.72. The zero-order valence-corrected chi connectivity index (χ0v) is 11.9. The van der Waals surface area contributed by atoms with Gasteiger partial charge in [-0.25, -0.2) is 0 Å². The van der Waals surface area contributed by atoms with E-state index in [0.717, 1.165) is 18.7 Å². The Morgan fingerprint density at radius 1 is 1.37 bits per heavy atom. The lowest BCUT2D eigenvalue weighted by Crippen LogP contribution is -2.38. The Hall–Kier alpha value is -1.04. The van der Waals surface area contributed by atoms with Crippen molar-refractivity contribution in [2.24, 2.45) is 0 Å². The average molecular weight is 263 g/mol. The largest absolute Gasteiger partial charge is 0.497 e. The smallest absolute Gasteiger partial charge is 0.492 e. The number of benzene rings is 1. The number of rotatable bonds is 4. The van der Waals surface area contributed by atoms with E-state index in [9.17, 15) is 10.0 Å². The lowest BCUT2D eigenvalue weighted by molar-refractivity contribution is 0.166.